The van der Waals surface area contributed by atoms with E-state index >= 15 is 0 Å². The summed E-state index contributed by atoms with van der Waals surface area (Å²) in [5.74, 6) is 0.854. The number of rotatable bonds is 9. The van der Waals surface area contributed by atoms with E-state index in [0.29, 0.717) is 0 Å². The molecular weight excluding hydrogens is 228 g/mol. The molecule has 1 heterocycles. The van der Waals surface area contributed by atoms with Crippen molar-refractivity contribution < 1.29 is 0 Å². The van der Waals surface area contributed by atoms with Gasteiger partial charge in [0.1, 0.15) is 0 Å². The van der Waals surface area contributed by atoms with E-state index in [-0.39, 0.29) is 0 Å². The molecule has 1 unspecified atom stereocenters. The lowest BCUT2D eigenvalue weighted by molar-refractivity contribution is 0.421. The normalized spacial score (nSPS) is 12.9. The van der Waals surface area contributed by atoms with Gasteiger partial charge >= 0.3 is 0 Å². The van der Waals surface area contributed by atoms with Crippen LogP contribution in [-0.4, -0.2) is 18.1 Å². The quantitative estimate of drug-likeness (QED) is 0.678. The maximum absolute atomic E-state index is 4.48. The van der Waals surface area contributed by atoms with E-state index < -0.39 is 0 Å². The van der Waals surface area contributed by atoms with Gasteiger partial charge in [0.25, 0.3) is 0 Å². The van der Waals surface area contributed by atoms with Crippen LogP contribution in [0.15, 0.2) is 5.38 Å². The largest absolute Gasteiger partial charge is 0.316 e. The fourth-order valence-electron chi connectivity index (χ4n) is 1.99. The van der Waals surface area contributed by atoms with Crippen molar-refractivity contribution in [3.8, 4) is 0 Å². The minimum absolute atomic E-state index is 0.854. The lowest BCUT2D eigenvalue weighted by Crippen LogP contribution is -2.24. The lowest BCUT2D eigenvalue weighted by Gasteiger charge is -2.14. The Kier molecular flexibility index (Phi) is 7.45. The van der Waals surface area contributed by atoms with Gasteiger partial charge in [0.05, 0.1) is 10.7 Å². The van der Waals surface area contributed by atoms with Crippen LogP contribution in [0, 0.1) is 12.8 Å². The summed E-state index contributed by atoms with van der Waals surface area (Å²) in [4.78, 5) is 4.48. The number of hydrogen-bond acceptors (Lipinski definition) is 3. The first-order valence-electron chi connectivity index (χ1n) is 6.88. The summed E-state index contributed by atoms with van der Waals surface area (Å²) in [5, 5.41) is 6.92. The fraction of sp³-hybridized carbons (Fsp3) is 0.786. The predicted octanol–water partition coefficient (Wildman–Crippen LogP) is 3.80. The third-order valence-electron chi connectivity index (χ3n) is 3.20. The summed E-state index contributed by atoms with van der Waals surface area (Å²) in [6, 6.07) is 0. The van der Waals surface area contributed by atoms with Crippen molar-refractivity contribution in [2.24, 2.45) is 5.92 Å². The van der Waals surface area contributed by atoms with E-state index in [0.717, 1.165) is 18.9 Å². The molecule has 2 nitrogen and oxygen atoms in total. The summed E-state index contributed by atoms with van der Waals surface area (Å²) < 4.78 is 0. The number of aromatic nitrogens is 1. The van der Waals surface area contributed by atoms with Crippen molar-refractivity contribution in [2.75, 3.05) is 13.1 Å². The van der Waals surface area contributed by atoms with Crippen molar-refractivity contribution in [3.05, 3.63) is 16.1 Å². The zero-order valence-corrected chi connectivity index (χ0v) is 12.3. The molecule has 0 saturated heterocycles. The minimum Gasteiger partial charge on any atom is -0.316 e. The molecule has 0 radical (unpaired) electrons. The Balaban J connectivity index is 2.09. The summed E-state index contributed by atoms with van der Waals surface area (Å²) in [7, 11) is 0. The Morgan fingerprint density at radius 2 is 2.24 bits per heavy atom. The Morgan fingerprint density at radius 3 is 2.82 bits per heavy atom. The van der Waals surface area contributed by atoms with E-state index in [9.17, 15) is 0 Å². The van der Waals surface area contributed by atoms with Gasteiger partial charge in [-0.1, -0.05) is 33.1 Å². The Bertz CT molecular complexity index is 296. The predicted molar refractivity (Wildman–Crippen MR) is 76.7 cm³/mol. The Hall–Kier alpha value is -0.410. The topological polar surface area (TPSA) is 24.9 Å². The molecule has 98 valence electrons. The molecule has 17 heavy (non-hydrogen) atoms. The van der Waals surface area contributed by atoms with Gasteiger partial charge in [-0.05, 0) is 25.8 Å². The fourth-order valence-corrected chi connectivity index (χ4v) is 2.64. The molecule has 0 aromatic carbocycles. The molecule has 0 aliphatic carbocycles. The maximum Gasteiger partial charge on any atom is 0.0897 e. The lowest BCUT2D eigenvalue weighted by atomic mass is 9.99. The van der Waals surface area contributed by atoms with Gasteiger partial charge in [-0.2, -0.15) is 0 Å². The van der Waals surface area contributed by atoms with Crippen LogP contribution < -0.4 is 5.32 Å². The first-order valence-corrected chi connectivity index (χ1v) is 7.75. The number of aryl methyl sites for hydroxylation is 1. The molecule has 3 heteroatoms. The Morgan fingerprint density at radius 1 is 1.41 bits per heavy atom. The second-order valence-corrected chi connectivity index (χ2v) is 5.79. The van der Waals surface area contributed by atoms with Gasteiger partial charge in [0.15, 0.2) is 0 Å². The van der Waals surface area contributed by atoms with Gasteiger partial charge < -0.3 is 5.32 Å². The van der Waals surface area contributed by atoms with E-state index in [1.165, 1.54) is 42.9 Å². The number of hydrogen-bond donors (Lipinski definition) is 1. The highest BCUT2D eigenvalue weighted by Gasteiger charge is 2.05. The Labute approximate surface area is 110 Å². The smallest absolute Gasteiger partial charge is 0.0897 e. The van der Waals surface area contributed by atoms with E-state index in [2.05, 4.69) is 36.5 Å². The van der Waals surface area contributed by atoms with Crippen LogP contribution in [0.4, 0.5) is 0 Å². The molecule has 0 spiro atoms. The molecule has 0 saturated carbocycles. The molecule has 0 aliphatic heterocycles. The molecule has 1 atom stereocenters. The van der Waals surface area contributed by atoms with Crippen LogP contribution in [0.5, 0.6) is 0 Å². The average Bonchev–Trinajstić information content (AvgIpc) is 2.74. The van der Waals surface area contributed by atoms with Crippen molar-refractivity contribution in [2.45, 2.75) is 52.9 Å². The molecular formula is C14H26N2S. The van der Waals surface area contributed by atoms with Crippen molar-refractivity contribution in [1.29, 1.82) is 0 Å². The molecule has 1 aromatic heterocycles. The van der Waals surface area contributed by atoms with Crippen molar-refractivity contribution in [1.82, 2.24) is 10.3 Å². The highest BCUT2D eigenvalue weighted by molar-refractivity contribution is 7.09. The first-order chi connectivity index (χ1) is 8.26. The van der Waals surface area contributed by atoms with Crippen LogP contribution in [0.3, 0.4) is 0 Å². The third kappa shape index (κ3) is 6.18. The van der Waals surface area contributed by atoms with Crippen molar-refractivity contribution >= 4 is 11.3 Å². The molecule has 0 aliphatic rings. The van der Waals surface area contributed by atoms with E-state index in [4.69, 9.17) is 0 Å². The molecule has 1 N–H and O–H groups in total. The monoisotopic (exact) mass is 254 g/mol. The zero-order chi connectivity index (χ0) is 12.5. The van der Waals surface area contributed by atoms with E-state index in [1.54, 1.807) is 11.3 Å². The average molecular weight is 254 g/mol. The third-order valence-corrected chi connectivity index (χ3v) is 4.02. The number of thiazole rings is 1. The van der Waals surface area contributed by atoms with Crippen LogP contribution in [-0.2, 0) is 6.42 Å². The number of nitrogens with one attached hydrogen (secondary N) is 1. The minimum atomic E-state index is 0.854. The maximum atomic E-state index is 4.48. The van der Waals surface area contributed by atoms with Gasteiger partial charge in [-0.3, -0.25) is 0 Å². The highest BCUT2D eigenvalue weighted by atomic mass is 32.1. The van der Waals surface area contributed by atoms with Crippen molar-refractivity contribution in [3.63, 3.8) is 0 Å². The summed E-state index contributed by atoms with van der Waals surface area (Å²) in [5.41, 5.74) is 1.24. The van der Waals surface area contributed by atoms with Gasteiger partial charge in [-0.25, -0.2) is 4.98 Å². The second-order valence-electron chi connectivity index (χ2n) is 4.73. The number of unbranched alkanes of at least 4 members (excludes halogenated alkanes) is 1. The summed E-state index contributed by atoms with van der Waals surface area (Å²) in [6.07, 6.45) is 6.41. The molecule has 1 aromatic rings. The van der Waals surface area contributed by atoms with Gasteiger partial charge in [0.2, 0.25) is 0 Å². The summed E-state index contributed by atoms with van der Waals surface area (Å²) >= 11 is 1.75. The molecule has 0 fully saturated rings. The van der Waals surface area contributed by atoms with Crippen LogP contribution in [0.25, 0.3) is 0 Å². The number of nitrogens with zero attached hydrogens (tertiary/aromatic N) is 1. The van der Waals surface area contributed by atoms with Crippen LogP contribution >= 0.6 is 11.3 Å². The van der Waals surface area contributed by atoms with Crippen LogP contribution in [0.2, 0.25) is 0 Å². The van der Waals surface area contributed by atoms with Gasteiger partial charge in [0, 0.05) is 18.3 Å². The molecule has 0 amide bonds. The SMILES string of the molecule is CCCCC(CC)CNCCc1csc(C)n1. The van der Waals surface area contributed by atoms with Crippen LogP contribution in [0.1, 0.15) is 50.2 Å². The molecule has 0 bridgehead atoms. The standard InChI is InChI=1S/C14H26N2S/c1-4-6-7-13(5-2)10-15-9-8-14-11-17-12(3)16-14/h11,13,15H,4-10H2,1-3H3. The van der Waals surface area contributed by atoms with Gasteiger partial charge in [-0.15, -0.1) is 11.3 Å². The van der Waals surface area contributed by atoms with E-state index in [1.807, 2.05) is 0 Å². The second kappa shape index (κ2) is 8.65. The highest BCUT2D eigenvalue weighted by Crippen LogP contribution is 2.11. The summed E-state index contributed by atoms with van der Waals surface area (Å²) in [6.45, 7) is 8.86. The first kappa shape index (κ1) is 14.7. The zero-order valence-electron chi connectivity index (χ0n) is 11.5. The molecule has 1 rings (SSSR count).